The zero-order valence-corrected chi connectivity index (χ0v) is 35.5. The Morgan fingerprint density at radius 3 is 1.38 bits per heavy atom. The third-order valence-corrected chi connectivity index (χ3v) is 8.09. The monoisotopic (exact) mass is 830 g/mol. The molecule has 4 aromatic rings. The van der Waals surface area contributed by atoms with E-state index >= 15 is 0 Å². The summed E-state index contributed by atoms with van der Waals surface area (Å²) in [5, 5.41) is 25.7. The van der Waals surface area contributed by atoms with E-state index < -0.39 is 11.9 Å². The fraction of sp³-hybridized carbons (Fsp3) is 0.341. The van der Waals surface area contributed by atoms with Gasteiger partial charge < -0.3 is 31.7 Å². The fourth-order valence-electron chi connectivity index (χ4n) is 4.32. The molecule has 12 heteroatoms. The van der Waals surface area contributed by atoms with Gasteiger partial charge >= 0.3 is 0 Å². The van der Waals surface area contributed by atoms with Crippen LogP contribution in [0, 0.1) is 5.41 Å². The highest BCUT2D eigenvalue weighted by molar-refractivity contribution is 6.48. The lowest BCUT2D eigenvalue weighted by molar-refractivity contribution is -0.135. The summed E-state index contributed by atoms with van der Waals surface area (Å²) >= 11 is 17.4. The van der Waals surface area contributed by atoms with Crippen LogP contribution >= 0.6 is 34.8 Å². The second-order valence-corrected chi connectivity index (χ2v) is 13.3. The largest absolute Gasteiger partial charge is 0.481 e. The van der Waals surface area contributed by atoms with Crippen LogP contribution in [-0.2, 0) is 9.59 Å². The molecule has 9 nitrogen and oxygen atoms in total. The van der Waals surface area contributed by atoms with Gasteiger partial charge in [0.2, 0.25) is 0 Å². The number of nitrogen functional groups attached to an aromatic ring is 1. The number of carboxylic acid groups (broad SMARTS) is 2. The number of guanidine groups is 1. The van der Waals surface area contributed by atoms with Gasteiger partial charge in [-0.15, -0.1) is 0 Å². The number of unbranched alkanes of at least 4 members (excludes halogenated alkanes) is 9. The van der Waals surface area contributed by atoms with Crippen LogP contribution in [0.2, 0.25) is 15.1 Å². The van der Waals surface area contributed by atoms with E-state index in [1.165, 1.54) is 68.9 Å². The van der Waals surface area contributed by atoms with Crippen molar-refractivity contribution in [2.24, 2.45) is 5.73 Å². The molecule has 308 valence electrons. The molecule has 8 N–H and O–H groups in total. The average Bonchev–Trinajstić information content (AvgIpc) is 3.15. The molecule has 0 bridgehead atoms. The highest BCUT2D eigenvalue weighted by Crippen LogP contribution is 2.37. The fourth-order valence-corrected chi connectivity index (χ4v) is 4.89. The highest BCUT2D eigenvalue weighted by Gasteiger charge is 2.09. The molecule has 0 radical (unpaired) electrons. The van der Waals surface area contributed by atoms with Crippen LogP contribution in [0.15, 0.2) is 115 Å². The summed E-state index contributed by atoms with van der Waals surface area (Å²) in [5.41, 5.74) is 13.9. The molecule has 0 amide bonds. The average molecular weight is 832 g/mol. The van der Waals surface area contributed by atoms with Crippen molar-refractivity contribution in [2.75, 3.05) is 12.3 Å². The summed E-state index contributed by atoms with van der Waals surface area (Å²) in [5.74, 6) is -0.570. The van der Waals surface area contributed by atoms with Gasteiger partial charge in [0, 0.05) is 26.1 Å². The number of benzene rings is 4. The maximum Gasteiger partial charge on any atom is 0.300 e. The van der Waals surface area contributed by atoms with Gasteiger partial charge in [-0.1, -0.05) is 185 Å². The number of nitrogens with one attached hydrogen (secondary N) is 2. The number of para-hydroxylation sites is 1. The number of aliphatic carboxylic acids is 2. The van der Waals surface area contributed by atoms with Crippen molar-refractivity contribution in [3.63, 3.8) is 0 Å². The Bertz CT molecular complexity index is 1560. The minimum atomic E-state index is -0.833. The third kappa shape index (κ3) is 35.0. The molecular formula is C44H61Cl3N4O5. The first-order valence-electron chi connectivity index (χ1n) is 18.5. The minimum absolute atomic E-state index is 0.0934. The molecule has 0 fully saturated rings. The van der Waals surface area contributed by atoms with Gasteiger partial charge in [0.15, 0.2) is 5.96 Å². The zero-order chi connectivity index (χ0) is 42.6. The lowest BCUT2D eigenvalue weighted by Crippen LogP contribution is -2.30. The molecule has 4 aromatic carbocycles. The van der Waals surface area contributed by atoms with Crippen molar-refractivity contribution < 1.29 is 24.5 Å². The van der Waals surface area contributed by atoms with E-state index in [9.17, 15) is 0 Å². The predicted molar refractivity (Wildman–Crippen MR) is 238 cm³/mol. The van der Waals surface area contributed by atoms with E-state index in [-0.39, 0.29) is 5.96 Å². The van der Waals surface area contributed by atoms with Crippen molar-refractivity contribution in [2.45, 2.75) is 91.9 Å². The Morgan fingerprint density at radius 2 is 1.04 bits per heavy atom. The first kappa shape index (κ1) is 53.4. The van der Waals surface area contributed by atoms with E-state index in [1.807, 2.05) is 42.5 Å². The Labute approximate surface area is 349 Å². The van der Waals surface area contributed by atoms with Crippen LogP contribution in [0.4, 0.5) is 5.69 Å². The summed E-state index contributed by atoms with van der Waals surface area (Å²) in [4.78, 5) is 18.0. The van der Waals surface area contributed by atoms with Crippen LogP contribution in [0.25, 0.3) is 11.1 Å². The number of hydrogen-bond acceptors (Lipinski definition) is 5. The number of anilines is 1. The Kier molecular flexibility index (Phi) is 34.3. The van der Waals surface area contributed by atoms with E-state index in [4.69, 9.17) is 76.2 Å². The Hall–Kier alpha value is -4.70. The number of allylic oxidation sites excluding steroid dienone is 1. The first-order chi connectivity index (χ1) is 26.6. The normalized spacial score (nSPS) is 9.27. The molecule has 0 atom stereocenters. The van der Waals surface area contributed by atoms with Gasteiger partial charge in [-0.25, -0.2) is 0 Å². The molecule has 0 aliphatic carbocycles. The number of hydrogen-bond donors (Lipinski definition) is 6. The van der Waals surface area contributed by atoms with Crippen LogP contribution in [0.3, 0.4) is 0 Å². The molecule has 0 unspecified atom stereocenters. The van der Waals surface area contributed by atoms with Crippen molar-refractivity contribution >= 4 is 58.4 Å². The number of halogens is 3. The molecular weight excluding hydrogens is 771 g/mol. The smallest absolute Gasteiger partial charge is 0.300 e. The van der Waals surface area contributed by atoms with E-state index in [1.54, 1.807) is 19.1 Å². The van der Waals surface area contributed by atoms with Gasteiger partial charge in [0.05, 0.1) is 15.8 Å². The van der Waals surface area contributed by atoms with Gasteiger partial charge in [0.25, 0.3) is 11.9 Å². The summed E-state index contributed by atoms with van der Waals surface area (Å²) in [6, 6.07) is 33.5. The van der Waals surface area contributed by atoms with Crippen LogP contribution < -0.4 is 21.5 Å². The summed E-state index contributed by atoms with van der Waals surface area (Å²) in [6.45, 7) is 10.6. The second kappa shape index (κ2) is 36.0. The molecule has 0 spiro atoms. The third-order valence-electron chi connectivity index (χ3n) is 6.81. The summed E-state index contributed by atoms with van der Waals surface area (Å²) in [7, 11) is 0. The van der Waals surface area contributed by atoms with Crippen molar-refractivity contribution in [1.82, 2.24) is 5.32 Å². The predicted octanol–water partition coefficient (Wildman–Crippen LogP) is 12.8. The number of rotatable bonds is 14. The molecule has 0 saturated carbocycles. The van der Waals surface area contributed by atoms with E-state index in [0.29, 0.717) is 26.6 Å². The summed E-state index contributed by atoms with van der Waals surface area (Å²) < 4.78 is 5.21. The number of ether oxygens (including phenoxy) is 1. The molecule has 56 heavy (non-hydrogen) atoms. The number of nitrogens with two attached hydrogens (primary N) is 2. The maximum atomic E-state index is 9.00. The lowest BCUT2D eigenvalue weighted by Gasteiger charge is -2.08. The molecule has 0 saturated heterocycles. The molecule has 0 aliphatic rings. The molecule has 4 rings (SSSR count). The quantitative estimate of drug-likeness (QED) is 0.0182. The van der Waals surface area contributed by atoms with Gasteiger partial charge in [0.1, 0.15) is 10.8 Å². The van der Waals surface area contributed by atoms with E-state index in [2.05, 4.69) is 67.4 Å². The minimum Gasteiger partial charge on any atom is -0.481 e. The Balaban J connectivity index is 0. The van der Waals surface area contributed by atoms with Crippen molar-refractivity contribution in [3.8, 4) is 16.9 Å². The van der Waals surface area contributed by atoms with Crippen molar-refractivity contribution in [3.05, 3.63) is 131 Å². The van der Waals surface area contributed by atoms with Gasteiger partial charge in [-0.3, -0.25) is 15.0 Å². The molecule has 0 aliphatic heterocycles. The highest BCUT2D eigenvalue weighted by atomic mass is 35.5. The number of carboxylic acids is 2. The van der Waals surface area contributed by atoms with Crippen LogP contribution in [-0.4, -0.2) is 34.7 Å². The summed E-state index contributed by atoms with van der Waals surface area (Å²) in [6.07, 6.45) is 13.5. The lowest BCUT2D eigenvalue weighted by atomic mass is 10.1. The molecule has 0 aromatic heterocycles. The molecule has 0 heterocycles. The second-order valence-electron chi connectivity index (χ2n) is 12.2. The number of carbonyl (C=O) groups is 2. The SMILES string of the molecule is C=C(C)Oc1ccc(Cl)c(Cl)c1Cl.CC(=O)O.CC(=O)O.CCCCCCCCCCCCNC(=N)N.Nc1ccccc1.c1ccc(-c2ccccc2)cc1. The van der Waals surface area contributed by atoms with Crippen molar-refractivity contribution in [1.29, 1.82) is 5.41 Å². The van der Waals surface area contributed by atoms with Gasteiger partial charge in [-0.05, 0) is 48.7 Å². The first-order valence-corrected chi connectivity index (χ1v) is 19.6. The zero-order valence-electron chi connectivity index (χ0n) is 33.2. The van der Waals surface area contributed by atoms with Gasteiger partial charge in [-0.2, -0.15) is 0 Å². The maximum absolute atomic E-state index is 9.00. The van der Waals surface area contributed by atoms with Crippen LogP contribution in [0.1, 0.15) is 91.9 Å². The van der Waals surface area contributed by atoms with Crippen LogP contribution in [0.5, 0.6) is 5.75 Å². The van der Waals surface area contributed by atoms with E-state index in [0.717, 1.165) is 32.5 Å². The topological polar surface area (TPSA) is 172 Å². The standard InChI is InChI=1S/C13H29N3.C12H10.C9H7Cl3O.C6H7N.2C2H4O2/c1-2-3-4-5-6-7-8-9-10-11-12-16-13(14)15;1-3-7-11(8-4-1)12-9-5-2-6-10-12;1-5(2)13-7-4-3-6(10)8(11)9(7)12;7-6-4-2-1-3-5-6;2*1-2(3)4/h2-12H2,1H3,(H4,14,15,16);1-10H;3-4H,1H2,2H3;1-5H,7H2;2*1H3,(H,3,4). The Morgan fingerprint density at radius 1 is 0.661 bits per heavy atom.